The molecular formula is C56H37B2N3O2. The van der Waals surface area contributed by atoms with Crippen LogP contribution in [0.5, 0.6) is 17.2 Å². The molecule has 3 aromatic heterocycles. The Labute approximate surface area is 364 Å². The van der Waals surface area contributed by atoms with E-state index in [1.165, 1.54) is 38.2 Å². The Kier molecular flexibility index (Phi) is 6.82. The van der Waals surface area contributed by atoms with Crippen LogP contribution in [0, 0.1) is 0 Å². The normalized spacial score (nSPS) is 13.4. The van der Waals surface area contributed by atoms with Crippen LogP contribution in [0.25, 0.3) is 82.6 Å². The highest BCUT2D eigenvalue weighted by atomic mass is 16.5. The number of imidazole rings is 1. The quantitative estimate of drug-likeness (QED) is 0.143. The molecule has 0 amide bonds. The minimum absolute atomic E-state index is 0.0417. The molecule has 0 radical (unpaired) electrons. The van der Waals surface area contributed by atoms with E-state index < -0.39 is 0 Å². The number of nitrogens with zero attached hydrogens (tertiary/aromatic N) is 3. The van der Waals surface area contributed by atoms with Gasteiger partial charge in [0.15, 0.2) is 11.5 Å². The number of para-hydroxylation sites is 2. The Hall–Kier alpha value is -7.63. The van der Waals surface area contributed by atoms with Crippen molar-refractivity contribution >= 4 is 95.3 Å². The van der Waals surface area contributed by atoms with Gasteiger partial charge < -0.3 is 9.84 Å². The summed E-state index contributed by atoms with van der Waals surface area (Å²) < 4.78 is 9.18. The van der Waals surface area contributed by atoms with Crippen LogP contribution in [0.2, 0.25) is 0 Å². The van der Waals surface area contributed by atoms with Crippen LogP contribution in [0.4, 0.5) is 0 Å². The second-order valence-corrected chi connectivity index (χ2v) is 18.6. The Morgan fingerprint density at radius 1 is 0.556 bits per heavy atom. The topological polar surface area (TPSA) is 59.7 Å². The number of fused-ring (bicyclic) bond motifs is 11. The predicted molar refractivity (Wildman–Crippen MR) is 262 cm³/mol. The van der Waals surface area contributed by atoms with Gasteiger partial charge in [-0.15, -0.1) is 0 Å². The average Bonchev–Trinajstić information content (AvgIpc) is 3.72. The molecule has 6 heterocycles. The lowest BCUT2D eigenvalue weighted by Crippen LogP contribution is -2.76. The van der Waals surface area contributed by atoms with E-state index in [0.29, 0.717) is 5.75 Å². The van der Waals surface area contributed by atoms with Gasteiger partial charge in [0, 0.05) is 22.7 Å². The lowest BCUT2D eigenvalue weighted by molar-refractivity contribution is 0.419. The summed E-state index contributed by atoms with van der Waals surface area (Å²) in [6.45, 7) is 6.66. The first-order valence-electron chi connectivity index (χ1n) is 21.9. The van der Waals surface area contributed by atoms with E-state index in [2.05, 4.69) is 165 Å². The van der Waals surface area contributed by atoms with E-state index in [0.717, 1.165) is 88.5 Å². The Balaban J connectivity index is 1.10. The fraction of sp³-hybridized carbons (Fsp3) is 0.0714. The molecule has 0 bridgehead atoms. The van der Waals surface area contributed by atoms with Crippen LogP contribution >= 0.6 is 0 Å². The van der Waals surface area contributed by atoms with E-state index in [4.69, 9.17) is 14.7 Å². The standard InChI is InChI=1S/C56H37B2N3O2/c1-56(2,3)36-28-34(27-35(29-36)42-30-33(25-26-59-42)31-13-5-4-6-14-31)37-16-12-21-44-52(37)60-55-49-48-47-43(61(44)55)24-23-32-15-11-20-41(46(32)47)58-39-18-8-7-17-38(39)57-40-19-9-10-22-45(40)63-54(53(49)62)51(57)50(48)58/h4-30,62H,1-3H3. The Morgan fingerprint density at radius 3 is 2.11 bits per heavy atom. The van der Waals surface area contributed by atoms with E-state index in [9.17, 15) is 5.11 Å². The van der Waals surface area contributed by atoms with Gasteiger partial charge in [-0.25, -0.2) is 4.98 Å². The number of hydrogen-bond acceptors (Lipinski definition) is 4. The van der Waals surface area contributed by atoms with Crippen LogP contribution in [0.1, 0.15) is 26.3 Å². The average molecular weight is 806 g/mol. The first kappa shape index (κ1) is 35.0. The summed E-state index contributed by atoms with van der Waals surface area (Å²) in [5, 5.41) is 18.4. The van der Waals surface area contributed by atoms with Gasteiger partial charge in [0.1, 0.15) is 11.4 Å². The van der Waals surface area contributed by atoms with E-state index in [1.807, 2.05) is 24.4 Å². The molecule has 0 aliphatic carbocycles. The summed E-state index contributed by atoms with van der Waals surface area (Å²) in [6.07, 6.45) is 1.91. The van der Waals surface area contributed by atoms with Crippen LogP contribution in [-0.2, 0) is 5.41 Å². The second-order valence-electron chi connectivity index (χ2n) is 18.6. The number of rotatable bonds is 3. The van der Waals surface area contributed by atoms with Crippen molar-refractivity contribution in [2.45, 2.75) is 26.2 Å². The third kappa shape index (κ3) is 4.63. The first-order valence-corrected chi connectivity index (χ1v) is 21.9. The van der Waals surface area contributed by atoms with Crippen molar-refractivity contribution in [1.82, 2.24) is 14.4 Å². The smallest absolute Gasteiger partial charge is 0.249 e. The van der Waals surface area contributed by atoms with Crippen molar-refractivity contribution in [3.05, 3.63) is 169 Å². The maximum absolute atomic E-state index is 13.0. The molecular weight excluding hydrogens is 768 g/mol. The molecule has 3 aliphatic heterocycles. The largest absolute Gasteiger partial charge is 0.504 e. The predicted octanol–water partition coefficient (Wildman–Crippen LogP) is 9.11. The molecule has 0 unspecified atom stereocenters. The zero-order chi connectivity index (χ0) is 41.9. The highest BCUT2D eigenvalue weighted by Gasteiger charge is 2.48. The van der Waals surface area contributed by atoms with Gasteiger partial charge in [0.25, 0.3) is 0 Å². The van der Waals surface area contributed by atoms with Crippen LogP contribution in [0.3, 0.4) is 0 Å². The van der Waals surface area contributed by atoms with Gasteiger partial charge >= 0.3 is 0 Å². The van der Waals surface area contributed by atoms with Gasteiger partial charge in [-0.3, -0.25) is 9.38 Å². The molecule has 5 nitrogen and oxygen atoms in total. The summed E-state index contributed by atoms with van der Waals surface area (Å²) in [4.78, 5) is 10.6. The number of phenols is 1. The number of pyridine rings is 2. The minimum atomic E-state index is -0.132. The lowest BCUT2D eigenvalue weighted by atomic mass is 9.19. The number of hydrogen-bond donors (Lipinski definition) is 1. The van der Waals surface area contributed by atoms with Crippen LogP contribution in [-0.4, -0.2) is 32.9 Å². The fourth-order valence-corrected chi connectivity index (χ4v) is 11.4. The van der Waals surface area contributed by atoms with Gasteiger partial charge in [-0.2, -0.15) is 0 Å². The molecule has 11 aromatic rings. The van der Waals surface area contributed by atoms with Gasteiger partial charge in [0.05, 0.1) is 27.6 Å². The Bertz CT molecular complexity index is 3850. The lowest BCUT2D eigenvalue weighted by Gasteiger charge is -2.39. The van der Waals surface area contributed by atoms with Crippen molar-refractivity contribution in [2.24, 2.45) is 0 Å². The number of benzene rings is 8. The monoisotopic (exact) mass is 805 g/mol. The molecule has 0 saturated heterocycles. The molecule has 1 N–H and O–H groups in total. The molecule has 3 aliphatic rings. The zero-order valence-electron chi connectivity index (χ0n) is 34.9. The molecule has 8 aromatic carbocycles. The van der Waals surface area contributed by atoms with E-state index in [-0.39, 0.29) is 24.6 Å². The SMILES string of the molecule is CC(C)(C)c1cc(-c2cc(-c3ccccc3)ccn2)cc(-c2cccc3c2nc2c4c(O)c5c6c7c4c4c8c(cccc8ccc4n32)B7c2ccccc2B6c2ccccc2O5)c1. The van der Waals surface area contributed by atoms with E-state index in [1.54, 1.807) is 0 Å². The zero-order valence-corrected chi connectivity index (χ0v) is 34.9. The maximum atomic E-state index is 13.0. The fourth-order valence-electron chi connectivity index (χ4n) is 11.4. The van der Waals surface area contributed by atoms with Crippen LogP contribution in [0.15, 0.2) is 164 Å². The van der Waals surface area contributed by atoms with Crippen molar-refractivity contribution in [3.63, 3.8) is 0 Å². The maximum Gasteiger partial charge on any atom is 0.249 e. The number of aromatic nitrogens is 3. The number of phenolic OH excluding ortho intramolecular Hbond substituents is 1. The summed E-state index contributed by atoms with van der Waals surface area (Å²) in [6, 6.07) is 56.6. The summed E-state index contributed by atoms with van der Waals surface area (Å²) in [5.41, 5.74) is 18.3. The third-order valence-electron chi connectivity index (χ3n) is 14.2. The third-order valence-corrected chi connectivity index (χ3v) is 14.2. The van der Waals surface area contributed by atoms with Crippen molar-refractivity contribution in [1.29, 1.82) is 0 Å². The Morgan fingerprint density at radius 2 is 1.29 bits per heavy atom. The van der Waals surface area contributed by atoms with Gasteiger partial charge in [-0.1, -0.05) is 158 Å². The molecule has 0 spiro atoms. The molecule has 7 heteroatoms. The molecule has 0 fully saturated rings. The van der Waals surface area contributed by atoms with Crippen LogP contribution < -0.4 is 37.5 Å². The minimum Gasteiger partial charge on any atom is -0.504 e. The van der Waals surface area contributed by atoms with E-state index >= 15 is 0 Å². The number of ether oxygens (including phenoxy) is 1. The molecule has 14 rings (SSSR count). The molecule has 0 saturated carbocycles. The number of aromatic hydroxyl groups is 1. The summed E-state index contributed by atoms with van der Waals surface area (Å²) in [7, 11) is 0. The second kappa shape index (κ2) is 12.3. The van der Waals surface area contributed by atoms with Gasteiger partial charge in [-0.05, 0) is 97.2 Å². The highest BCUT2D eigenvalue weighted by Crippen LogP contribution is 2.47. The summed E-state index contributed by atoms with van der Waals surface area (Å²) in [5.74, 6) is 1.45. The van der Waals surface area contributed by atoms with Gasteiger partial charge in [0.2, 0.25) is 13.4 Å². The van der Waals surface area contributed by atoms with Crippen molar-refractivity contribution in [2.75, 3.05) is 0 Å². The first-order chi connectivity index (χ1) is 30.8. The van der Waals surface area contributed by atoms with Crippen molar-refractivity contribution in [3.8, 4) is 50.8 Å². The highest BCUT2D eigenvalue weighted by molar-refractivity contribution is 7.14. The molecule has 294 valence electrons. The summed E-state index contributed by atoms with van der Waals surface area (Å²) >= 11 is 0. The molecule has 63 heavy (non-hydrogen) atoms. The molecule has 0 atom stereocenters. The van der Waals surface area contributed by atoms with Crippen molar-refractivity contribution < 1.29 is 9.84 Å².